The molecule has 0 saturated heterocycles. The van der Waals surface area contributed by atoms with E-state index in [1.54, 1.807) is 6.26 Å². The molecule has 0 aliphatic rings. The number of H-pyrrole nitrogens is 1. The molecule has 0 saturated carbocycles. The summed E-state index contributed by atoms with van der Waals surface area (Å²) in [6, 6.07) is 5.65. The zero-order valence-corrected chi connectivity index (χ0v) is 11.8. The number of aromatic nitrogens is 2. The lowest BCUT2D eigenvalue weighted by Gasteiger charge is -2.03. The van der Waals surface area contributed by atoms with Gasteiger partial charge in [-0.1, -0.05) is 11.6 Å². The minimum absolute atomic E-state index is 0.684. The molecule has 1 N–H and O–H groups in total. The highest BCUT2D eigenvalue weighted by Gasteiger charge is 2.05. The standard InChI is InChI=1S/C11H13ClN2OS2/c1-17(15)6-2-5-14-10-7-8(12)3-4-9(10)13-11(14)16/h3-4,7H,2,5-6H2,1H3,(H,13,16). The van der Waals surface area contributed by atoms with Crippen molar-refractivity contribution < 1.29 is 4.21 Å². The van der Waals surface area contributed by atoms with Crippen LogP contribution >= 0.6 is 23.8 Å². The monoisotopic (exact) mass is 288 g/mol. The number of aryl methyl sites for hydroxylation is 1. The van der Waals surface area contributed by atoms with Crippen LogP contribution in [0.3, 0.4) is 0 Å². The van der Waals surface area contributed by atoms with Gasteiger partial charge in [-0.3, -0.25) is 4.21 Å². The normalized spacial score (nSPS) is 13.1. The molecule has 2 aromatic rings. The Morgan fingerprint density at radius 3 is 3.00 bits per heavy atom. The first-order valence-corrected chi connectivity index (χ1v) is 7.77. The Morgan fingerprint density at radius 1 is 1.53 bits per heavy atom. The van der Waals surface area contributed by atoms with Crippen LogP contribution in [-0.2, 0) is 17.3 Å². The van der Waals surface area contributed by atoms with Crippen LogP contribution in [0.25, 0.3) is 11.0 Å². The minimum atomic E-state index is -0.755. The zero-order valence-electron chi connectivity index (χ0n) is 9.40. The summed E-state index contributed by atoms with van der Waals surface area (Å²) >= 11 is 11.2. The van der Waals surface area contributed by atoms with Gasteiger partial charge in [-0.15, -0.1) is 0 Å². The van der Waals surface area contributed by atoms with Gasteiger partial charge in [-0.05, 0) is 36.8 Å². The number of nitrogens with one attached hydrogen (secondary N) is 1. The van der Waals surface area contributed by atoms with E-state index in [1.807, 2.05) is 22.8 Å². The van der Waals surface area contributed by atoms with E-state index in [0.29, 0.717) is 15.5 Å². The van der Waals surface area contributed by atoms with Gasteiger partial charge in [0.05, 0.1) is 11.0 Å². The molecule has 0 aliphatic heterocycles. The molecule has 3 nitrogen and oxygen atoms in total. The van der Waals surface area contributed by atoms with Crippen molar-refractivity contribution >= 4 is 45.7 Å². The first-order chi connectivity index (χ1) is 8.08. The number of aromatic amines is 1. The van der Waals surface area contributed by atoms with Crippen LogP contribution in [0.2, 0.25) is 5.02 Å². The fourth-order valence-corrected chi connectivity index (χ4v) is 2.78. The zero-order chi connectivity index (χ0) is 12.4. The smallest absolute Gasteiger partial charge is 0.178 e. The molecule has 1 atom stereocenters. The van der Waals surface area contributed by atoms with Gasteiger partial charge < -0.3 is 9.55 Å². The van der Waals surface area contributed by atoms with Crippen LogP contribution in [0, 0.1) is 4.77 Å². The van der Waals surface area contributed by atoms with Gasteiger partial charge in [0, 0.05) is 34.4 Å². The van der Waals surface area contributed by atoms with E-state index in [0.717, 1.165) is 24.0 Å². The van der Waals surface area contributed by atoms with Crippen molar-refractivity contribution in [2.24, 2.45) is 0 Å². The highest BCUT2D eigenvalue weighted by atomic mass is 35.5. The van der Waals surface area contributed by atoms with Crippen LogP contribution in [0.5, 0.6) is 0 Å². The third-order valence-corrected chi connectivity index (χ3v) is 3.97. The Bertz CT molecular complexity index is 617. The molecular weight excluding hydrogens is 276 g/mol. The number of fused-ring (bicyclic) bond motifs is 1. The summed E-state index contributed by atoms with van der Waals surface area (Å²) in [7, 11) is -0.755. The van der Waals surface area contributed by atoms with Crippen molar-refractivity contribution in [1.82, 2.24) is 9.55 Å². The van der Waals surface area contributed by atoms with Gasteiger partial charge in [-0.25, -0.2) is 0 Å². The molecule has 17 heavy (non-hydrogen) atoms. The van der Waals surface area contributed by atoms with Crippen molar-refractivity contribution in [2.75, 3.05) is 12.0 Å². The fraction of sp³-hybridized carbons (Fsp3) is 0.364. The van der Waals surface area contributed by atoms with Gasteiger partial charge in [0.25, 0.3) is 0 Å². The van der Waals surface area contributed by atoms with Gasteiger partial charge in [0.15, 0.2) is 4.77 Å². The molecule has 0 bridgehead atoms. The topological polar surface area (TPSA) is 37.8 Å². The molecular formula is C11H13ClN2OS2. The Hall–Kier alpha value is -0.650. The average molecular weight is 289 g/mol. The molecule has 2 rings (SSSR count). The van der Waals surface area contributed by atoms with E-state index in [4.69, 9.17) is 23.8 Å². The van der Waals surface area contributed by atoms with Crippen LogP contribution in [0.4, 0.5) is 0 Å². The van der Waals surface area contributed by atoms with Crippen molar-refractivity contribution in [3.63, 3.8) is 0 Å². The van der Waals surface area contributed by atoms with Crippen LogP contribution in [-0.4, -0.2) is 25.8 Å². The van der Waals surface area contributed by atoms with Crippen molar-refractivity contribution in [3.05, 3.63) is 28.0 Å². The summed E-state index contributed by atoms with van der Waals surface area (Å²) in [5.74, 6) is 0.689. The van der Waals surface area contributed by atoms with E-state index >= 15 is 0 Å². The third-order valence-electron chi connectivity index (χ3n) is 2.55. The van der Waals surface area contributed by atoms with Crippen molar-refractivity contribution in [3.8, 4) is 0 Å². The predicted octanol–water partition coefficient (Wildman–Crippen LogP) is 3.12. The maximum absolute atomic E-state index is 11.0. The van der Waals surface area contributed by atoms with E-state index in [-0.39, 0.29) is 0 Å². The van der Waals surface area contributed by atoms with Crippen molar-refractivity contribution in [2.45, 2.75) is 13.0 Å². The Labute approximate surface area is 112 Å². The molecule has 0 radical (unpaired) electrons. The second-order valence-corrected chi connectivity index (χ2v) is 6.25. The Kier molecular flexibility index (Phi) is 4.01. The predicted molar refractivity (Wildman–Crippen MR) is 75.7 cm³/mol. The van der Waals surface area contributed by atoms with Gasteiger partial charge >= 0.3 is 0 Å². The summed E-state index contributed by atoms with van der Waals surface area (Å²) in [6.45, 7) is 0.763. The quantitative estimate of drug-likeness (QED) is 0.878. The largest absolute Gasteiger partial charge is 0.331 e. The van der Waals surface area contributed by atoms with E-state index in [9.17, 15) is 4.21 Å². The minimum Gasteiger partial charge on any atom is -0.331 e. The molecule has 0 amide bonds. The summed E-state index contributed by atoms with van der Waals surface area (Å²) in [5.41, 5.74) is 1.99. The molecule has 1 unspecified atom stereocenters. The lowest BCUT2D eigenvalue weighted by Crippen LogP contribution is -2.03. The molecule has 0 fully saturated rings. The van der Waals surface area contributed by atoms with Crippen LogP contribution in [0.1, 0.15) is 6.42 Å². The molecule has 6 heteroatoms. The van der Waals surface area contributed by atoms with Crippen LogP contribution in [0.15, 0.2) is 18.2 Å². The number of hydrogen-bond acceptors (Lipinski definition) is 2. The fourth-order valence-electron chi connectivity index (χ4n) is 1.77. The van der Waals surface area contributed by atoms with Gasteiger partial charge in [0.1, 0.15) is 0 Å². The number of halogens is 1. The Balaban J connectivity index is 2.32. The second kappa shape index (κ2) is 5.33. The van der Waals surface area contributed by atoms with Crippen LogP contribution < -0.4 is 0 Å². The molecule has 1 aromatic heterocycles. The maximum atomic E-state index is 11.0. The average Bonchev–Trinajstić information content (AvgIpc) is 2.55. The first kappa shape index (κ1) is 12.8. The van der Waals surface area contributed by atoms with Gasteiger partial charge in [-0.2, -0.15) is 0 Å². The summed E-state index contributed by atoms with van der Waals surface area (Å²) < 4.78 is 13.7. The number of imidazole rings is 1. The first-order valence-electron chi connectivity index (χ1n) is 5.26. The number of benzene rings is 1. The Morgan fingerprint density at radius 2 is 2.29 bits per heavy atom. The third kappa shape index (κ3) is 2.97. The van der Waals surface area contributed by atoms with E-state index in [2.05, 4.69) is 4.98 Å². The second-order valence-electron chi connectivity index (χ2n) is 3.87. The number of hydrogen-bond donors (Lipinski definition) is 1. The summed E-state index contributed by atoms with van der Waals surface area (Å²) in [5, 5.41) is 0.694. The maximum Gasteiger partial charge on any atom is 0.178 e. The van der Waals surface area contributed by atoms with Crippen molar-refractivity contribution in [1.29, 1.82) is 0 Å². The molecule has 0 aliphatic carbocycles. The lowest BCUT2D eigenvalue weighted by molar-refractivity contribution is 0.665. The lowest BCUT2D eigenvalue weighted by atomic mass is 10.3. The SMILES string of the molecule is CS(=O)CCCn1c(=S)[nH]c2ccc(Cl)cc21. The summed E-state index contributed by atoms with van der Waals surface area (Å²) in [4.78, 5) is 3.14. The summed E-state index contributed by atoms with van der Waals surface area (Å²) in [6.07, 6.45) is 2.56. The number of rotatable bonds is 4. The highest BCUT2D eigenvalue weighted by Crippen LogP contribution is 2.19. The van der Waals surface area contributed by atoms with E-state index < -0.39 is 10.8 Å². The molecule has 1 heterocycles. The highest BCUT2D eigenvalue weighted by molar-refractivity contribution is 7.84. The van der Waals surface area contributed by atoms with Gasteiger partial charge in [0.2, 0.25) is 0 Å². The molecule has 0 spiro atoms. The number of nitrogens with zero attached hydrogens (tertiary/aromatic N) is 1. The van der Waals surface area contributed by atoms with E-state index in [1.165, 1.54) is 0 Å². The molecule has 92 valence electrons. The molecule has 1 aromatic carbocycles.